The summed E-state index contributed by atoms with van der Waals surface area (Å²) in [6.45, 7) is 7.35. The van der Waals surface area contributed by atoms with Gasteiger partial charge in [0.25, 0.3) is 5.91 Å². The Labute approximate surface area is 217 Å². The van der Waals surface area contributed by atoms with E-state index in [1.807, 2.05) is 20.8 Å². The largest absolute Gasteiger partial charge is 0.507 e. The Balaban J connectivity index is 1.98. The van der Waals surface area contributed by atoms with E-state index < -0.39 is 75.7 Å². The SMILES string of the molecule is C[C@@H]1c2ccc(C(C)(C)C)c(O)c2C(=O)C2C(=O)[C@@]3(O)C(=O)C(C(N)=O)=C(Br)[C@H](N(C)C)[C@H]3[C@H](O)[C@H]21. The van der Waals surface area contributed by atoms with Crippen LogP contribution >= 0.6 is 15.9 Å². The summed E-state index contributed by atoms with van der Waals surface area (Å²) in [6, 6.07) is 2.51. The number of fused-ring (bicyclic) bond motifs is 3. The number of carbonyl (C=O) groups excluding carboxylic acids is 4. The molecule has 0 aromatic heterocycles. The number of hydrogen-bond acceptors (Lipinski definition) is 8. The minimum Gasteiger partial charge on any atom is -0.507 e. The number of aliphatic hydroxyl groups excluding tert-OH is 1. The zero-order valence-electron chi connectivity index (χ0n) is 21.0. The standard InChI is InChI=1S/C26H31BrN2O7/c1-9-10-7-8-11(25(2,3)4)19(30)13(10)20(31)14-12(9)21(32)16-18(29(5)6)17(27)15(24(28)35)23(34)26(16,36)22(14)33/h7-9,12,14,16,18,21,30,32,36H,1-6H3,(H2,28,35)/t9-,12+,14?,16+,18-,21-,26-/m1/s1. The van der Waals surface area contributed by atoms with Crippen LogP contribution in [0.25, 0.3) is 0 Å². The lowest BCUT2D eigenvalue weighted by Gasteiger charge is -2.55. The number of phenolic OH excluding ortho intramolecular Hbond substituents is 1. The normalized spacial score (nSPS) is 34.4. The van der Waals surface area contributed by atoms with E-state index in [2.05, 4.69) is 15.9 Å². The zero-order valence-corrected chi connectivity index (χ0v) is 22.6. The Morgan fingerprint density at radius 1 is 1.17 bits per heavy atom. The Hall–Kier alpha value is -2.40. The molecule has 1 aromatic rings. The molecule has 0 spiro atoms. The van der Waals surface area contributed by atoms with Gasteiger partial charge in [0.1, 0.15) is 5.75 Å². The number of aromatic hydroxyl groups is 1. The van der Waals surface area contributed by atoms with Crippen molar-refractivity contribution in [3.05, 3.63) is 38.9 Å². The van der Waals surface area contributed by atoms with E-state index in [0.717, 1.165) is 0 Å². The van der Waals surface area contributed by atoms with Gasteiger partial charge in [-0.2, -0.15) is 0 Å². The molecule has 1 unspecified atom stereocenters. The number of benzene rings is 1. The molecular weight excluding hydrogens is 532 g/mol. The number of Topliss-reactive ketones (excluding diaryl/α,β-unsaturated/α-hetero) is 3. The third kappa shape index (κ3) is 3.31. The van der Waals surface area contributed by atoms with Crippen LogP contribution in [0.2, 0.25) is 0 Å². The lowest BCUT2D eigenvalue weighted by atomic mass is 9.51. The summed E-state index contributed by atoms with van der Waals surface area (Å²) in [4.78, 5) is 55.0. The number of nitrogens with two attached hydrogens (primary N) is 1. The Morgan fingerprint density at radius 3 is 2.25 bits per heavy atom. The van der Waals surface area contributed by atoms with Crippen molar-refractivity contribution in [1.29, 1.82) is 0 Å². The van der Waals surface area contributed by atoms with Gasteiger partial charge in [-0.25, -0.2) is 0 Å². The van der Waals surface area contributed by atoms with Gasteiger partial charge < -0.3 is 26.0 Å². The molecule has 0 radical (unpaired) electrons. The maximum Gasteiger partial charge on any atom is 0.253 e. The molecule has 36 heavy (non-hydrogen) atoms. The molecule has 4 rings (SSSR count). The fraction of sp³-hybridized carbons (Fsp3) is 0.538. The van der Waals surface area contributed by atoms with Crippen LogP contribution in [-0.4, -0.2) is 75.3 Å². The van der Waals surface area contributed by atoms with Gasteiger partial charge in [-0.1, -0.05) is 55.8 Å². The van der Waals surface area contributed by atoms with Crippen molar-refractivity contribution in [1.82, 2.24) is 4.90 Å². The Kier molecular flexibility index (Phi) is 6.15. The van der Waals surface area contributed by atoms with Crippen LogP contribution in [0.5, 0.6) is 5.75 Å². The van der Waals surface area contributed by atoms with Gasteiger partial charge in [0.15, 0.2) is 17.2 Å². The molecule has 0 saturated heterocycles. The molecule has 1 amide bonds. The van der Waals surface area contributed by atoms with Gasteiger partial charge in [0.2, 0.25) is 5.78 Å². The first-order valence-corrected chi connectivity index (χ1v) is 12.5. The lowest BCUT2D eigenvalue weighted by Crippen LogP contribution is -2.73. The summed E-state index contributed by atoms with van der Waals surface area (Å²) in [5.41, 5.74) is 2.44. The van der Waals surface area contributed by atoms with Crippen LogP contribution in [0.1, 0.15) is 55.1 Å². The van der Waals surface area contributed by atoms with Crippen LogP contribution in [-0.2, 0) is 19.8 Å². The first-order chi connectivity index (χ1) is 16.5. The molecule has 10 heteroatoms. The number of ketones is 3. The van der Waals surface area contributed by atoms with Gasteiger partial charge in [-0.15, -0.1) is 0 Å². The number of likely N-dealkylation sites (N-methyl/N-ethyl adjacent to an activating group) is 1. The molecule has 5 N–H and O–H groups in total. The molecular formula is C26H31BrN2O7. The van der Waals surface area contributed by atoms with Crippen molar-refractivity contribution in [2.24, 2.45) is 23.5 Å². The average Bonchev–Trinajstić information content (AvgIpc) is 2.75. The van der Waals surface area contributed by atoms with Gasteiger partial charge in [-0.3, -0.25) is 19.2 Å². The van der Waals surface area contributed by atoms with E-state index in [-0.39, 0.29) is 15.8 Å². The first-order valence-electron chi connectivity index (χ1n) is 11.8. The second-order valence-electron chi connectivity index (χ2n) is 11.4. The lowest BCUT2D eigenvalue weighted by molar-refractivity contribution is -0.184. The molecule has 3 aliphatic carbocycles. The molecule has 0 aliphatic heterocycles. The predicted molar refractivity (Wildman–Crippen MR) is 134 cm³/mol. The van der Waals surface area contributed by atoms with E-state index >= 15 is 0 Å². The van der Waals surface area contributed by atoms with Crippen LogP contribution < -0.4 is 5.73 Å². The Morgan fingerprint density at radius 2 is 1.75 bits per heavy atom. The maximum atomic E-state index is 14.0. The topological polar surface area (TPSA) is 158 Å². The van der Waals surface area contributed by atoms with Gasteiger partial charge in [0.05, 0.1) is 29.2 Å². The van der Waals surface area contributed by atoms with Crippen LogP contribution in [0.15, 0.2) is 22.2 Å². The highest BCUT2D eigenvalue weighted by Gasteiger charge is 2.70. The van der Waals surface area contributed by atoms with Gasteiger partial charge in [-0.05, 0) is 36.6 Å². The molecule has 7 atom stereocenters. The smallest absolute Gasteiger partial charge is 0.253 e. The van der Waals surface area contributed by atoms with Crippen molar-refractivity contribution in [2.45, 2.75) is 56.8 Å². The van der Waals surface area contributed by atoms with Gasteiger partial charge in [0, 0.05) is 16.3 Å². The number of carbonyl (C=O) groups is 4. The number of aliphatic hydroxyl groups is 2. The molecule has 1 fully saturated rings. The highest BCUT2D eigenvalue weighted by atomic mass is 79.9. The molecule has 0 bridgehead atoms. The second kappa shape index (κ2) is 8.31. The zero-order chi connectivity index (χ0) is 27.2. The minimum atomic E-state index is -2.86. The molecule has 1 aromatic carbocycles. The number of rotatable bonds is 2. The predicted octanol–water partition coefficient (Wildman–Crippen LogP) is 1.16. The first kappa shape index (κ1) is 26.7. The summed E-state index contributed by atoms with van der Waals surface area (Å²) in [6.07, 6.45) is -1.48. The van der Waals surface area contributed by atoms with E-state index in [1.165, 1.54) is 0 Å². The average molecular weight is 563 g/mol. The summed E-state index contributed by atoms with van der Waals surface area (Å²) < 4.78 is 0.0626. The highest BCUT2D eigenvalue weighted by molar-refractivity contribution is 9.11. The number of amides is 1. The van der Waals surface area contributed by atoms with Crippen molar-refractivity contribution >= 4 is 39.2 Å². The monoisotopic (exact) mass is 562 g/mol. The highest BCUT2D eigenvalue weighted by Crippen LogP contribution is 2.56. The van der Waals surface area contributed by atoms with Crippen molar-refractivity contribution in [3.8, 4) is 5.75 Å². The van der Waals surface area contributed by atoms with E-state index in [9.17, 15) is 34.5 Å². The number of hydrogen-bond donors (Lipinski definition) is 4. The summed E-state index contributed by atoms with van der Waals surface area (Å²) in [7, 11) is 3.22. The molecule has 9 nitrogen and oxygen atoms in total. The number of halogens is 1. The molecule has 0 heterocycles. The molecule has 3 aliphatic rings. The fourth-order valence-corrected chi connectivity index (χ4v) is 7.48. The number of nitrogens with zero attached hydrogens (tertiary/aromatic N) is 1. The molecule has 1 saturated carbocycles. The second-order valence-corrected chi connectivity index (χ2v) is 12.2. The number of primary amides is 1. The summed E-state index contributed by atoms with van der Waals surface area (Å²) in [5.74, 6) is -9.00. The van der Waals surface area contributed by atoms with Crippen LogP contribution in [0, 0.1) is 17.8 Å². The van der Waals surface area contributed by atoms with E-state index in [4.69, 9.17) is 5.73 Å². The third-order valence-electron chi connectivity index (χ3n) is 8.12. The van der Waals surface area contributed by atoms with Crippen molar-refractivity contribution in [2.75, 3.05) is 14.1 Å². The quantitative estimate of drug-likeness (QED) is 0.308. The van der Waals surface area contributed by atoms with Crippen molar-refractivity contribution in [3.63, 3.8) is 0 Å². The minimum absolute atomic E-state index is 0.0435. The van der Waals surface area contributed by atoms with Crippen LogP contribution in [0.3, 0.4) is 0 Å². The fourth-order valence-electron chi connectivity index (χ4n) is 6.41. The van der Waals surface area contributed by atoms with E-state index in [0.29, 0.717) is 11.1 Å². The molecule has 194 valence electrons. The maximum absolute atomic E-state index is 14.0. The summed E-state index contributed by atoms with van der Waals surface area (Å²) in [5, 5.41) is 34.5. The summed E-state index contributed by atoms with van der Waals surface area (Å²) >= 11 is 3.26. The third-order valence-corrected chi connectivity index (χ3v) is 8.98. The number of phenols is 1. The van der Waals surface area contributed by atoms with Crippen molar-refractivity contribution < 1.29 is 34.5 Å². The van der Waals surface area contributed by atoms with E-state index in [1.54, 1.807) is 38.1 Å². The van der Waals surface area contributed by atoms with Gasteiger partial charge >= 0.3 is 0 Å². The Bertz CT molecular complexity index is 1250. The van der Waals surface area contributed by atoms with Crippen LogP contribution in [0.4, 0.5) is 0 Å².